The Balaban J connectivity index is 1.48. The number of aromatic nitrogens is 2. The molecular weight excluding hydrogens is 456 g/mol. The molecule has 1 amide bonds. The van der Waals surface area contributed by atoms with E-state index >= 15 is 0 Å². The number of carbonyl (C=O) groups is 1. The van der Waals surface area contributed by atoms with E-state index in [1.807, 2.05) is 37.3 Å². The van der Waals surface area contributed by atoms with E-state index in [-0.39, 0.29) is 11.5 Å². The quantitative estimate of drug-likeness (QED) is 0.294. The summed E-state index contributed by atoms with van der Waals surface area (Å²) in [5, 5.41) is 3.69. The Labute approximate surface area is 201 Å². The normalized spacial score (nSPS) is 14.9. The Morgan fingerprint density at radius 1 is 1.33 bits per heavy atom. The number of thioether (sulfide) groups is 1. The van der Waals surface area contributed by atoms with E-state index in [1.165, 1.54) is 23.1 Å². The second-order valence-electron chi connectivity index (χ2n) is 7.78. The number of carbonyl (C=O) groups excluding carboxylic acids is 1. The van der Waals surface area contributed by atoms with Crippen molar-refractivity contribution >= 4 is 50.6 Å². The van der Waals surface area contributed by atoms with Gasteiger partial charge in [0.25, 0.3) is 5.56 Å². The molecule has 1 N–H and O–H groups in total. The van der Waals surface area contributed by atoms with Crippen LogP contribution in [-0.2, 0) is 22.5 Å². The highest BCUT2D eigenvalue weighted by Crippen LogP contribution is 2.28. The van der Waals surface area contributed by atoms with Crippen molar-refractivity contribution in [2.45, 2.75) is 37.2 Å². The third kappa shape index (κ3) is 5.31. The van der Waals surface area contributed by atoms with Crippen LogP contribution in [0.5, 0.6) is 0 Å². The predicted molar refractivity (Wildman–Crippen MR) is 137 cm³/mol. The summed E-state index contributed by atoms with van der Waals surface area (Å²) in [6.07, 6.45) is 2.53. The summed E-state index contributed by atoms with van der Waals surface area (Å²) in [6, 6.07) is 9.77. The van der Waals surface area contributed by atoms with E-state index in [0.29, 0.717) is 21.9 Å². The number of benzene rings is 1. The number of nitrogens with zero attached hydrogens (tertiary/aromatic N) is 3. The highest BCUT2D eigenvalue weighted by molar-refractivity contribution is 8.00. The lowest BCUT2D eigenvalue weighted by Gasteiger charge is -2.28. The Hall–Kier alpha value is -2.62. The fourth-order valence-electron chi connectivity index (χ4n) is 3.63. The SMILES string of the molecule is C=CCn1c(S[C@H](C)C(=O)Nc2ccc(N3CCOCC3)cc2)nc2sc(CC)cc2c1=O. The van der Waals surface area contributed by atoms with Gasteiger partial charge in [-0.25, -0.2) is 4.98 Å². The standard InChI is InChI=1S/C24H28N4O3S2/c1-4-10-28-23(30)20-15-19(5-2)33-22(20)26-24(28)32-16(3)21(29)25-17-6-8-18(9-7-17)27-11-13-31-14-12-27/h4,6-9,15-16H,1,5,10-14H2,2-3H3,(H,25,29)/t16-/m1/s1. The van der Waals surface area contributed by atoms with Gasteiger partial charge in [0.05, 0.1) is 23.8 Å². The van der Waals surface area contributed by atoms with Gasteiger partial charge in [-0.2, -0.15) is 0 Å². The van der Waals surface area contributed by atoms with Crippen molar-refractivity contribution in [3.63, 3.8) is 0 Å². The number of anilines is 2. The molecule has 0 spiro atoms. The first-order valence-corrected chi connectivity index (χ1v) is 12.7. The van der Waals surface area contributed by atoms with Gasteiger partial charge in [0.2, 0.25) is 5.91 Å². The Morgan fingerprint density at radius 3 is 2.73 bits per heavy atom. The summed E-state index contributed by atoms with van der Waals surface area (Å²) in [7, 11) is 0. The maximum absolute atomic E-state index is 13.0. The number of thiophene rings is 1. The minimum Gasteiger partial charge on any atom is -0.378 e. The van der Waals surface area contributed by atoms with Crippen molar-refractivity contribution in [2.75, 3.05) is 36.5 Å². The lowest BCUT2D eigenvalue weighted by atomic mass is 10.2. The van der Waals surface area contributed by atoms with Gasteiger partial charge in [0, 0.05) is 35.9 Å². The fourth-order valence-corrected chi connectivity index (χ4v) is 5.56. The van der Waals surface area contributed by atoms with E-state index in [9.17, 15) is 9.59 Å². The largest absolute Gasteiger partial charge is 0.378 e. The molecule has 0 unspecified atom stereocenters. The molecule has 1 aromatic carbocycles. The minimum atomic E-state index is -0.435. The summed E-state index contributed by atoms with van der Waals surface area (Å²) in [6.45, 7) is 11.2. The summed E-state index contributed by atoms with van der Waals surface area (Å²) < 4.78 is 6.99. The van der Waals surface area contributed by atoms with Crippen LogP contribution in [0.3, 0.4) is 0 Å². The smallest absolute Gasteiger partial charge is 0.263 e. The molecule has 3 heterocycles. The maximum Gasteiger partial charge on any atom is 0.263 e. The summed E-state index contributed by atoms with van der Waals surface area (Å²) in [5.41, 5.74) is 1.76. The van der Waals surface area contributed by atoms with Crippen LogP contribution in [0.4, 0.5) is 11.4 Å². The Bertz CT molecular complexity index is 1200. The second-order valence-corrected chi connectivity index (χ2v) is 10.2. The number of hydrogen-bond acceptors (Lipinski definition) is 7. The zero-order valence-electron chi connectivity index (χ0n) is 18.9. The van der Waals surface area contributed by atoms with Crippen molar-refractivity contribution in [3.8, 4) is 0 Å². The first-order valence-electron chi connectivity index (χ1n) is 11.0. The number of morpholine rings is 1. The van der Waals surface area contributed by atoms with Gasteiger partial charge in [-0.15, -0.1) is 17.9 Å². The van der Waals surface area contributed by atoms with E-state index in [0.717, 1.165) is 49.0 Å². The number of fused-ring (bicyclic) bond motifs is 1. The van der Waals surface area contributed by atoms with Crippen LogP contribution < -0.4 is 15.8 Å². The van der Waals surface area contributed by atoms with Gasteiger partial charge in [0.1, 0.15) is 4.83 Å². The lowest BCUT2D eigenvalue weighted by molar-refractivity contribution is -0.115. The molecule has 1 fully saturated rings. The summed E-state index contributed by atoms with van der Waals surface area (Å²) in [4.78, 5) is 34.7. The zero-order chi connectivity index (χ0) is 23.4. The van der Waals surface area contributed by atoms with Gasteiger partial charge in [-0.05, 0) is 43.7 Å². The predicted octanol–water partition coefficient (Wildman–Crippen LogP) is 4.16. The van der Waals surface area contributed by atoms with Crippen LogP contribution >= 0.6 is 23.1 Å². The number of hydrogen-bond donors (Lipinski definition) is 1. The van der Waals surface area contributed by atoms with Crippen LogP contribution in [0, 0.1) is 0 Å². The van der Waals surface area contributed by atoms with Crippen LogP contribution in [-0.4, -0.2) is 47.0 Å². The lowest BCUT2D eigenvalue weighted by Crippen LogP contribution is -2.36. The molecule has 1 aliphatic rings. The number of allylic oxidation sites excluding steroid dienone is 1. The molecule has 3 aromatic rings. The minimum absolute atomic E-state index is 0.0929. The number of nitrogens with one attached hydrogen (secondary N) is 1. The molecule has 1 aliphatic heterocycles. The topological polar surface area (TPSA) is 76.5 Å². The van der Waals surface area contributed by atoms with Crippen LogP contribution in [0.1, 0.15) is 18.7 Å². The highest BCUT2D eigenvalue weighted by atomic mass is 32.2. The monoisotopic (exact) mass is 484 g/mol. The van der Waals surface area contributed by atoms with Crippen LogP contribution in [0.25, 0.3) is 10.2 Å². The molecule has 1 atom stereocenters. The van der Waals surface area contributed by atoms with E-state index < -0.39 is 5.25 Å². The average molecular weight is 485 g/mol. The molecule has 0 saturated carbocycles. The van der Waals surface area contributed by atoms with Crippen molar-refractivity contribution in [2.24, 2.45) is 0 Å². The molecule has 0 aliphatic carbocycles. The Kier molecular flexibility index (Phi) is 7.52. The number of amides is 1. The van der Waals surface area contributed by atoms with Gasteiger partial charge in [0.15, 0.2) is 5.16 Å². The number of rotatable bonds is 8. The summed E-state index contributed by atoms with van der Waals surface area (Å²) >= 11 is 2.81. The molecule has 0 radical (unpaired) electrons. The molecule has 1 saturated heterocycles. The third-order valence-corrected chi connectivity index (χ3v) is 7.75. The third-order valence-electron chi connectivity index (χ3n) is 5.49. The van der Waals surface area contributed by atoms with Crippen LogP contribution in [0.15, 0.2) is 52.9 Å². The molecule has 33 heavy (non-hydrogen) atoms. The second kappa shape index (κ2) is 10.5. The van der Waals surface area contributed by atoms with Gasteiger partial charge in [-0.1, -0.05) is 24.8 Å². The summed E-state index contributed by atoms with van der Waals surface area (Å²) in [5.74, 6) is -0.140. The molecular formula is C24H28N4O3S2. The maximum atomic E-state index is 13.0. The van der Waals surface area contributed by atoms with Crippen molar-refractivity contribution in [1.29, 1.82) is 0 Å². The zero-order valence-corrected chi connectivity index (χ0v) is 20.5. The van der Waals surface area contributed by atoms with Gasteiger partial charge >= 0.3 is 0 Å². The fraction of sp³-hybridized carbons (Fsp3) is 0.375. The molecule has 2 aromatic heterocycles. The van der Waals surface area contributed by atoms with E-state index in [2.05, 4.69) is 23.7 Å². The van der Waals surface area contributed by atoms with Crippen molar-refractivity contribution in [1.82, 2.24) is 9.55 Å². The van der Waals surface area contributed by atoms with Crippen molar-refractivity contribution in [3.05, 3.63) is 58.2 Å². The van der Waals surface area contributed by atoms with Crippen molar-refractivity contribution < 1.29 is 9.53 Å². The molecule has 174 valence electrons. The first kappa shape index (κ1) is 23.5. The van der Waals surface area contributed by atoms with E-state index in [4.69, 9.17) is 9.72 Å². The number of aryl methyl sites for hydroxylation is 1. The molecule has 7 nitrogen and oxygen atoms in total. The van der Waals surface area contributed by atoms with Gasteiger partial charge in [-0.3, -0.25) is 14.2 Å². The average Bonchev–Trinajstić information content (AvgIpc) is 3.26. The first-order chi connectivity index (χ1) is 16.0. The Morgan fingerprint density at radius 2 is 2.06 bits per heavy atom. The van der Waals surface area contributed by atoms with Crippen LogP contribution in [0.2, 0.25) is 0 Å². The highest BCUT2D eigenvalue weighted by Gasteiger charge is 2.20. The molecule has 4 rings (SSSR count). The van der Waals surface area contributed by atoms with E-state index in [1.54, 1.807) is 10.6 Å². The van der Waals surface area contributed by atoms with Gasteiger partial charge < -0.3 is 15.0 Å². The number of ether oxygens (including phenoxy) is 1. The molecule has 0 bridgehead atoms. The molecule has 9 heteroatoms.